The molecule has 0 aromatic heterocycles. The molecular weight excluding hydrogens is 153 g/mol. The maximum absolute atomic E-state index is 11.8. The minimum atomic E-state index is -0.194. The molecule has 1 unspecified atom stereocenters. The van der Waals surface area contributed by atoms with Crippen molar-refractivity contribution in [1.29, 1.82) is 0 Å². The van der Waals surface area contributed by atoms with Crippen molar-refractivity contribution in [2.45, 2.75) is 45.6 Å². The fourth-order valence-corrected chi connectivity index (χ4v) is 2.05. The third-order valence-electron chi connectivity index (χ3n) is 2.96. The molecule has 0 bridgehead atoms. The first-order valence-electron chi connectivity index (χ1n) is 4.96. The second-order valence-electron chi connectivity index (χ2n) is 4.43. The Hall–Kier alpha value is -0.110. The van der Waals surface area contributed by atoms with Crippen molar-refractivity contribution in [2.75, 3.05) is 13.2 Å². The fraction of sp³-hybridized carbons (Fsp3) is 1.00. The van der Waals surface area contributed by atoms with Crippen molar-refractivity contribution in [3.63, 3.8) is 0 Å². The van der Waals surface area contributed by atoms with Crippen LogP contribution < -0.4 is 5.32 Å². The Bertz CT molecular complexity index is 134. The van der Waals surface area contributed by atoms with Gasteiger partial charge < -0.3 is 5.32 Å². The van der Waals surface area contributed by atoms with Crippen LogP contribution in [0.5, 0.6) is 0 Å². The fourth-order valence-electron chi connectivity index (χ4n) is 2.05. The largest absolute Gasteiger partial charge is 0.313 e. The Morgan fingerprint density at radius 1 is 1.50 bits per heavy atom. The number of alkyl halides is 1. The molecule has 2 heteroatoms. The van der Waals surface area contributed by atoms with Crippen molar-refractivity contribution >= 4 is 0 Å². The lowest BCUT2D eigenvalue weighted by Gasteiger charge is -2.27. The van der Waals surface area contributed by atoms with Gasteiger partial charge in [-0.3, -0.25) is 4.39 Å². The van der Waals surface area contributed by atoms with Crippen LogP contribution in [0.25, 0.3) is 0 Å². The topological polar surface area (TPSA) is 12.0 Å². The van der Waals surface area contributed by atoms with Crippen LogP contribution in [-0.2, 0) is 0 Å². The molecule has 1 aliphatic rings. The maximum atomic E-state index is 11.8. The van der Waals surface area contributed by atoms with Gasteiger partial charge in [0.2, 0.25) is 0 Å². The van der Waals surface area contributed by atoms with Crippen molar-refractivity contribution in [3.05, 3.63) is 0 Å². The van der Waals surface area contributed by atoms with E-state index in [0.717, 1.165) is 6.54 Å². The number of halogens is 1. The number of nitrogens with one attached hydrogen (secondary N) is 1. The van der Waals surface area contributed by atoms with Crippen LogP contribution in [0.3, 0.4) is 0 Å². The smallest absolute Gasteiger partial charge is 0.0906 e. The van der Waals surface area contributed by atoms with E-state index in [9.17, 15) is 4.39 Å². The van der Waals surface area contributed by atoms with Gasteiger partial charge in [0, 0.05) is 6.04 Å². The summed E-state index contributed by atoms with van der Waals surface area (Å²) in [6.45, 7) is 5.24. The molecule has 0 saturated heterocycles. The summed E-state index contributed by atoms with van der Waals surface area (Å²) < 4.78 is 11.8. The zero-order valence-corrected chi connectivity index (χ0v) is 8.20. The quantitative estimate of drug-likeness (QED) is 0.644. The van der Waals surface area contributed by atoms with E-state index >= 15 is 0 Å². The molecule has 1 N–H and O–H groups in total. The van der Waals surface area contributed by atoms with E-state index in [0.29, 0.717) is 17.9 Å². The molecule has 0 spiro atoms. The highest BCUT2D eigenvalue weighted by molar-refractivity contribution is 4.89. The van der Waals surface area contributed by atoms with Gasteiger partial charge in [0.15, 0.2) is 0 Å². The monoisotopic (exact) mass is 173 g/mol. The Morgan fingerprint density at radius 2 is 2.25 bits per heavy atom. The molecule has 0 radical (unpaired) electrons. The maximum Gasteiger partial charge on any atom is 0.0906 e. The second-order valence-corrected chi connectivity index (χ2v) is 4.43. The zero-order chi connectivity index (χ0) is 9.03. The first kappa shape index (κ1) is 9.97. The summed E-state index contributed by atoms with van der Waals surface area (Å²) in [7, 11) is 0. The standard InChI is InChI=1S/C10H20FN/c1-10(2)6-3-5-9(10)12-8-4-7-11/h9,12H,3-8H2,1-2H3. The van der Waals surface area contributed by atoms with Crippen LogP contribution in [-0.4, -0.2) is 19.3 Å². The average Bonchev–Trinajstić information content (AvgIpc) is 2.32. The molecule has 1 rings (SSSR count). The molecule has 0 aliphatic heterocycles. The summed E-state index contributed by atoms with van der Waals surface area (Å²) in [5, 5.41) is 3.43. The predicted octanol–water partition coefficient (Wildman–Crippen LogP) is 2.51. The number of hydrogen-bond donors (Lipinski definition) is 1. The van der Waals surface area contributed by atoms with E-state index in [1.165, 1.54) is 19.3 Å². The summed E-state index contributed by atoms with van der Waals surface area (Å²) in [6.07, 6.45) is 4.55. The van der Waals surface area contributed by atoms with Crippen molar-refractivity contribution in [1.82, 2.24) is 5.32 Å². The predicted molar refractivity (Wildman–Crippen MR) is 50.0 cm³/mol. The zero-order valence-electron chi connectivity index (χ0n) is 8.20. The first-order chi connectivity index (χ1) is 5.67. The number of hydrogen-bond acceptors (Lipinski definition) is 1. The highest BCUT2D eigenvalue weighted by atomic mass is 19.1. The van der Waals surface area contributed by atoms with Gasteiger partial charge in [-0.25, -0.2) is 0 Å². The van der Waals surface area contributed by atoms with Crippen LogP contribution >= 0.6 is 0 Å². The van der Waals surface area contributed by atoms with Crippen LogP contribution in [0.1, 0.15) is 39.5 Å². The second kappa shape index (κ2) is 4.22. The highest BCUT2D eigenvalue weighted by Crippen LogP contribution is 2.36. The van der Waals surface area contributed by atoms with E-state index in [1.54, 1.807) is 0 Å². The lowest BCUT2D eigenvalue weighted by molar-refractivity contribution is 0.280. The summed E-state index contributed by atoms with van der Waals surface area (Å²) in [4.78, 5) is 0. The summed E-state index contributed by atoms with van der Waals surface area (Å²) >= 11 is 0. The Morgan fingerprint density at radius 3 is 2.75 bits per heavy atom. The summed E-state index contributed by atoms with van der Waals surface area (Å²) in [6, 6.07) is 0.615. The van der Waals surface area contributed by atoms with Crippen LogP contribution in [0.15, 0.2) is 0 Å². The van der Waals surface area contributed by atoms with E-state index in [2.05, 4.69) is 19.2 Å². The van der Waals surface area contributed by atoms with Gasteiger partial charge >= 0.3 is 0 Å². The summed E-state index contributed by atoms with van der Waals surface area (Å²) in [5.41, 5.74) is 0.427. The summed E-state index contributed by atoms with van der Waals surface area (Å²) in [5.74, 6) is 0. The third kappa shape index (κ3) is 2.44. The Labute approximate surface area is 74.7 Å². The normalized spacial score (nSPS) is 27.8. The molecule has 0 aromatic rings. The van der Waals surface area contributed by atoms with Gasteiger partial charge in [-0.1, -0.05) is 20.3 Å². The average molecular weight is 173 g/mol. The van der Waals surface area contributed by atoms with Crippen LogP contribution in [0.4, 0.5) is 4.39 Å². The van der Waals surface area contributed by atoms with Gasteiger partial charge in [0.05, 0.1) is 6.67 Å². The van der Waals surface area contributed by atoms with Crippen molar-refractivity contribution in [2.24, 2.45) is 5.41 Å². The van der Waals surface area contributed by atoms with Crippen molar-refractivity contribution < 1.29 is 4.39 Å². The van der Waals surface area contributed by atoms with Gasteiger partial charge in [-0.2, -0.15) is 0 Å². The molecule has 12 heavy (non-hydrogen) atoms. The molecule has 1 nitrogen and oxygen atoms in total. The molecule has 1 aliphatic carbocycles. The van der Waals surface area contributed by atoms with E-state index in [-0.39, 0.29) is 6.67 Å². The van der Waals surface area contributed by atoms with Gasteiger partial charge in [0.1, 0.15) is 0 Å². The molecule has 1 atom stereocenters. The molecule has 72 valence electrons. The van der Waals surface area contributed by atoms with Gasteiger partial charge in [-0.05, 0) is 31.2 Å². The van der Waals surface area contributed by atoms with Crippen molar-refractivity contribution in [3.8, 4) is 0 Å². The molecule has 0 aromatic carbocycles. The lowest BCUT2D eigenvalue weighted by Crippen LogP contribution is -2.38. The van der Waals surface area contributed by atoms with Gasteiger partial charge in [0.25, 0.3) is 0 Å². The highest BCUT2D eigenvalue weighted by Gasteiger charge is 2.33. The Kier molecular flexibility index (Phi) is 3.51. The van der Waals surface area contributed by atoms with E-state index in [4.69, 9.17) is 0 Å². The van der Waals surface area contributed by atoms with E-state index < -0.39 is 0 Å². The first-order valence-corrected chi connectivity index (χ1v) is 4.96. The number of rotatable bonds is 4. The third-order valence-corrected chi connectivity index (χ3v) is 2.96. The molecule has 1 fully saturated rings. The lowest BCUT2D eigenvalue weighted by atomic mass is 9.87. The molecule has 0 amide bonds. The minimum Gasteiger partial charge on any atom is -0.313 e. The van der Waals surface area contributed by atoms with E-state index in [1.807, 2.05) is 0 Å². The minimum absolute atomic E-state index is 0.194. The molecule has 1 saturated carbocycles. The van der Waals surface area contributed by atoms with Crippen LogP contribution in [0, 0.1) is 5.41 Å². The van der Waals surface area contributed by atoms with Crippen LogP contribution in [0.2, 0.25) is 0 Å². The van der Waals surface area contributed by atoms with Gasteiger partial charge in [-0.15, -0.1) is 0 Å². The molecule has 0 heterocycles. The SMILES string of the molecule is CC1(C)CCCC1NCCCF. The molecular formula is C10H20FN. The Balaban J connectivity index is 2.22.